The van der Waals surface area contributed by atoms with Crippen molar-refractivity contribution in [2.45, 2.75) is 13.5 Å². The van der Waals surface area contributed by atoms with Crippen molar-refractivity contribution in [1.29, 1.82) is 0 Å². The van der Waals surface area contributed by atoms with Crippen LogP contribution in [0.4, 0.5) is 5.82 Å². The number of carboxylic acids is 1. The van der Waals surface area contributed by atoms with Crippen LogP contribution < -0.4 is 4.90 Å². The highest BCUT2D eigenvalue weighted by Crippen LogP contribution is 2.22. The van der Waals surface area contributed by atoms with Crippen LogP contribution in [0.1, 0.15) is 12.6 Å². The van der Waals surface area contributed by atoms with Crippen LogP contribution in [-0.2, 0) is 16.1 Å². The summed E-state index contributed by atoms with van der Waals surface area (Å²) in [5.74, 6) is -0.252. The van der Waals surface area contributed by atoms with E-state index in [4.69, 9.17) is 9.84 Å². The van der Waals surface area contributed by atoms with E-state index in [1.54, 1.807) is 0 Å². The highest BCUT2D eigenvalue weighted by molar-refractivity contribution is 5.74. The summed E-state index contributed by atoms with van der Waals surface area (Å²) in [6.07, 6.45) is 1.48. The molecule has 1 aliphatic heterocycles. The molecule has 1 fully saturated rings. The number of ether oxygens (including phenoxy) is 1. The van der Waals surface area contributed by atoms with Crippen LogP contribution in [0.3, 0.4) is 0 Å². The van der Waals surface area contributed by atoms with E-state index in [2.05, 4.69) is 9.97 Å². The number of nitrogens with zero attached hydrogens (tertiary/aromatic N) is 3. The van der Waals surface area contributed by atoms with Gasteiger partial charge in [0.25, 0.3) is 0 Å². The van der Waals surface area contributed by atoms with E-state index in [1.807, 2.05) is 17.9 Å². The van der Waals surface area contributed by atoms with E-state index in [9.17, 15) is 4.79 Å². The lowest BCUT2D eigenvalue weighted by atomic mass is 10.0. The van der Waals surface area contributed by atoms with Crippen molar-refractivity contribution >= 4 is 11.8 Å². The van der Waals surface area contributed by atoms with E-state index in [0.29, 0.717) is 26.3 Å². The van der Waals surface area contributed by atoms with Crippen LogP contribution in [0.5, 0.6) is 0 Å². The number of hydrogen-bond donors (Lipinski definition) is 1. The molecule has 2 heterocycles. The van der Waals surface area contributed by atoms with Crippen molar-refractivity contribution in [2.75, 3.05) is 24.6 Å². The van der Waals surface area contributed by atoms with Gasteiger partial charge in [-0.15, -0.1) is 0 Å². The standard InChI is InChI=1S/C11H15N3O3/c1-2-17-6-9-3-10(13-7-12-9)14-4-8(5-14)11(15)16/h3,7-8H,2,4-6H2,1H3,(H,15,16). The molecule has 92 valence electrons. The molecule has 1 N–H and O–H groups in total. The molecular weight excluding hydrogens is 222 g/mol. The van der Waals surface area contributed by atoms with Gasteiger partial charge in [-0.3, -0.25) is 4.79 Å². The van der Waals surface area contributed by atoms with Crippen LogP contribution in [0.2, 0.25) is 0 Å². The predicted molar refractivity (Wildman–Crippen MR) is 60.7 cm³/mol. The Labute approximate surface area is 99.2 Å². The number of rotatable bonds is 5. The molecular formula is C11H15N3O3. The monoisotopic (exact) mass is 237 g/mol. The summed E-state index contributed by atoms with van der Waals surface area (Å²) in [5.41, 5.74) is 0.815. The van der Waals surface area contributed by atoms with Crippen molar-refractivity contribution in [3.05, 3.63) is 18.1 Å². The van der Waals surface area contributed by atoms with Crippen molar-refractivity contribution in [2.24, 2.45) is 5.92 Å². The molecule has 2 rings (SSSR count). The van der Waals surface area contributed by atoms with E-state index in [1.165, 1.54) is 6.33 Å². The first kappa shape index (κ1) is 11.8. The number of carboxylic acid groups (broad SMARTS) is 1. The molecule has 1 aliphatic rings. The SMILES string of the molecule is CCOCc1cc(N2CC(C(=O)O)C2)ncn1. The molecule has 1 aromatic rings. The van der Waals surface area contributed by atoms with Crippen LogP contribution >= 0.6 is 0 Å². The predicted octanol–water partition coefficient (Wildman–Crippen LogP) is 0.534. The second-order valence-corrected chi connectivity index (χ2v) is 3.94. The van der Waals surface area contributed by atoms with E-state index >= 15 is 0 Å². The molecule has 0 unspecified atom stereocenters. The van der Waals surface area contributed by atoms with Gasteiger partial charge in [-0.05, 0) is 6.92 Å². The summed E-state index contributed by atoms with van der Waals surface area (Å²) >= 11 is 0. The van der Waals surface area contributed by atoms with Gasteiger partial charge in [0.2, 0.25) is 0 Å². The molecule has 6 heteroatoms. The number of aromatic nitrogens is 2. The Morgan fingerprint density at radius 2 is 2.35 bits per heavy atom. The molecule has 0 bridgehead atoms. The smallest absolute Gasteiger partial charge is 0.310 e. The molecule has 6 nitrogen and oxygen atoms in total. The van der Waals surface area contributed by atoms with Gasteiger partial charge in [0.1, 0.15) is 12.1 Å². The Kier molecular flexibility index (Phi) is 3.53. The first-order chi connectivity index (χ1) is 8.20. The maximum absolute atomic E-state index is 10.7. The Hall–Kier alpha value is -1.69. The Morgan fingerprint density at radius 1 is 1.59 bits per heavy atom. The number of hydrogen-bond acceptors (Lipinski definition) is 5. The Bertz CT molecular complexity index is 405. The fourth-order valence-corrected chi connectivity index (χ4v) is 1.67. The van der Waals surface area contributed by atoms with Crippen LogP contribution in [0.15, 0.2) is 12.4 Å². The van der Waals surface area contributed by atoms with Crippen LogP contribution in [-0.4, -0.2) is 40.7 Å². The lowest BCUT2D eigenvalue weighted by Gasteiger charge is -2.37. The van der Waals surface area contributed by atoms with Crippen molar-refractivity contribution in [1.82, 2.24) is 9.97 Å². The van der Waals surface area contributed by atoms with Crippen molar-refractivity contribution in [3.8, 4) is 0 Å². The second-order valence-electron chi connectivity index (χ2n) is 3.94. The van der Waals surface area contributed by atoms with E-state index in [-0.39, 0.29) is 5.92 Å². The molecule has 0 aromatic carbocycles. The summed E-state index contributed by atoms with van der Waals surface area (Å²) < 4.78 is 5.26. The van der Waals surface area contributed by atoms with Gasteiger partial charge < -0.3 is 14.7 Å². The Morgan fingerprint density at radius 3 is 3.00 bits per heavy atom. The summed E-state index contributed by atoms with van der Waals surface area (Å²) in [6, 6.07) is 1.84. The van der Waals surface area contributed by atoms with Gasteiger partial charge in [0.05, 0.1) is 18.2 Å². The zero-order valence-electron chi connectivity index (χ0n) is 9.67. The third-order valence-corrected chi connectivity index (χ3v) is 2.72. The minimum absolute atomic E-state index is 0.277. The summed E-state index contributed by atoms with van der Waals surface area (Å²) in [5, 5.41) is 8.79. The van der Waals surface area contributed by atoms with E-state index in [0.717, 1.165) is 11.5 Å². The normalized spacial score (nSPS) is 15.7. The van der Waals surface area contributed by atoms with Gasteiger partial charge in [-0.1, -0.05) is 0 Å². The largest absolute Gasteiger partial charge is 0.481 e. The van der Waals surface area contributed by atoms with Gasteiger partial charge in [-0.2, -0.15) is 0 Å². The summed E-state index contributed by atoms with van der Waals surface area (Å²) in [6.45, 7) is 4.06. The zero-order chi connectivity index (χ0) is 12.3. The average Bonchev–Trinajstić information content (AvgIpc) is 2.24. The summed E-state index contributed by atoms with van der Waals surface area (Å²) in [4.78, 5) is 20.8. The number of anilines is 1. The molecule has 0 spiro atoms. The maximum atomic E-state index is 10.7. The highest BCUT2D eigenvalue weighted by Gasteiger charge is 2.33. The quantitative estimate of drug-likeness (QED) is 0.805. The van der Waals surface area contributed by atoms with Gasteiger partial charge in [-0.25, -0.2) is 9.97 Å². The molecule has 0 radical (unpaired) electrons. The lowest BCUT2D eigenvalue weighted by molar-refractivity contribution is -0.142. The van der Waals surface area contributed by atoms with Crippen molar-refractivity contribution < 1.29 is 14.6 Å². The minimum Gasteiger partial charge on any atom is -0.481 e. The molecule has 0 aliphatic carbocycles. The Balaban J connectivity index is 1.96. The first-order valence-corrected chi connectivity index (χ1v) is 5.57. The van der Waals surface area contributed by atoms with Gasteiger partial charge >= 0.3 is 5.97 Å². The third kappa shape index (κ3) is 2.71. The third-order valence-electron chi connectivity index (χ3n) is 2.72. The molecule has 1 saturated heterocycles. The molecule has 0 amide bonds. The number of carbonyl (C=O) groups is 1. The average molecular weight is 237 g/mol. The van der Waals surface area contributed by atoms with Crippen LogP contribution in [0.25, 0.3) is 0 Å². The van der Waals surface area contributed by atoms with Crippen LogP contribution in [0, 0.1) is 5.92 Å². The van der Waals surface area contributed by atoms with Gasteiger partial charge in [0.15, 0.2) is 0 Å². The maximum Gasteiger partial charge on any atom is 0.310 e. The number of aliphatic carboxylic acids is 1. The molecule has 0 atom stereocenters. The first-order valence-electron chi connectivity index (χ1n) is 5.57. The lowest BCUT2D eigenvalue weighted by Crippen LogP contribution is -2.50. The van der Waals surface area contributed by atoms with Gasteiger partial charge in [0, 0.05) is 25.8 Å². The highest BCUT2D eigenvalue weighted by atomic mass is 16.5. The fourth-order valence-electron chi connectivity index (χ4n) is 1.67. The second kappa shape index (κ2) is 5.09. The molecule has 1 aromatic heterocycles. The zero-order valence-corrected chi connectivity index (χ0v) is 9.67. The van der Waals surface area contributed by atoms with Crippen molar-refractivity contribution in [3.63, 3.8) is 0 Å². The molecule has 17 heavy (non-hydrogen) atoms. The molecule has 0 saturated carbocycles. The summed E-state index contributed by atoms with van der Waals surface area (Å²) in [7, 11) is 0. The topological polar surface area (TPSA) is 75.5 Å². The minimum atomic E-state index is -0.746. The van der Waals surface area contributed by atoms with E-state index < -0.39 is 5.97 Å². The fraction of sp³-hybridized carbons (Fsp3) is 0.545.